The van der Waals surface area contributed by atoms with Gasteiger partial charge in [0.15, 0.2) is 0 Å². The standard InChI is InChI=1S/C25H27F4N3O5/c26-20-2-1-3-21(13-20)32(24(34)35)15-17-12-19(18-4-6-22(7-5-18)37-25(27,28)29)16-31(14-17)23(33)30-8-10-36-11-9-30/h1-7,13,17,19H,8-12,14-16H2,(H,34,35). The van der Waals surface area contributed by atoms with E-state index in [4.69, 9.17) is 4.74 Å². The number of ether oxygens (including phenoxy) is 2. The number of likely N-dealkylation sites (tertiary alicyclic amines) is 1. The van der Waals surface area contributed by atoms with Crippen molar-refractivity contribution in [3.05, 3.63) is 59.9 Å². The van der Waals surface area contributed by atoms with Gasteiger partial charge >= 0.3 is 18.5 Å². The highest BCUT2D eigenvalue weighted by Gasteiger charge is 2.36. The molecule has 1 N–H and O–H groups in total. The number of carbonyl (C=O) groups excluding carboxylic acids is 1. The number of carboxylic acid groups (broad SMARTS) is 1. The topological polar surface area (TPSA) is 82.6 Å². The average Bonchev–Trinajstić information content (AvgIpc) is 2.86. The number of carbonyl (C=O) groups is 2. The second-order valence-corrected chi connectivity index (χ2v) is 9.08. The first kappa shape index (κ1) is 26.5. The van der Waals surface area contributed by atoms with Crippen molar-refractivity contribution in [1.29, 1.82) is 0 Å². The summed E-state index contributed by atoms with van der Waals surface area (Å²) in [6, 6.07) is 10.5. The van der Waals surface area contributed by atoms with Gasteiger partial charge in [0, 0.05) is 44.3 Å². The number of morpholine rings is 1. The molecular weight excluding hydrogens is 498 g/mol. The van der Waals surface area contributed by atoms with Crippen LogP contribution in [0.4, 0.5) is 32.8 Å². The molecule has 12 heteroatoms. The van der Waals surface area contributed by atoms with Gasteiger partial charge < -0.3 is 24.4 Å². The van der Waals surface area contributed by atoms with Crippen molar-refractivity contribution in [2.75, 3.05) is 50.8 Å². The molecule has 2 aliphatic rings. The molecule has 2 aromatic carbocycles. The third-order valence-corrected chi connectivity index (χ3v) is 6.47. The van der Waals surface area contributed by atoms with Crippen LogP contribution in [0.5, 0.6) is 5.75 Å². The second kappa shape index (κ2) is 11.2. The molecule has 2 atom stereocenters. The first-order valence-electron chi connectivity index (χ1n) is 11.8. The number of hydrogen-bond acceptors (Lipinski definition) is 4. The predicted octanol–water partition coefficient (Wildman–Crippen LogP) is 4.77. The monoisotopic (exact) mass is 525 g/mol. The highest BCUT2D eigenvalue weighted by molar-refractivity contribution is 5.86. The summed E-state index contributed by atoms with van der Waals surface area (Å²) in [7, 11) is 0. The third-order valence-electron chi connectivity index (χ3n) is 6.47. The van der Waals surface area contributed by atoms with Crippen molar-refractivity contribution in [2.45, 2.75) is 18.7 Å². The second-order valence-electron chi connectivity index (χ2n) is 9.08. The lowest BCUT2D eigenvalue weighted by Crippen LogP contribution is -2.53. The van der Waals surface area contributed by atoms with Crippen molar-refractivity contribution in [3.8, 4) is 5.75 Å². The Morgan fingerprint density at radius 3 is 2.38 bits per heavy atom. The van der Waals surface area contributed by atoms with Crippen molar-refractivity contribution in [1.82, 2.24) is 9.80 Å². The zero-order valence-electron chi connectivity index (χ0n) is 19.9. The lowest BCUT2D eigenvalue weighted by Gasteiger charge is -2.42. The first-order chi connectivity index (χ1) is 17.6. The minimum atomic E-state index is -4.81. The summed E-state index contributed by atoms with van der Waals surface area (Å²) in [5.41, 5.74) is 0.876. The van der Waals surface area contributed by atoms with E-state index in [1.807, 2.05) is 0 Å². The molecule has 8 nitrogen and oxygen atoms in total. The molecule has 37 heavy (non-hydrogen) atoms. The maximum Gasteiger partial charge on any atom is 0.573 e. The minimum Gasteiger partial charge on any atom is -0.465 e. The van der Waals surface area contributed by atoms with E-state index in [9.17, 15) is 32.3 Å². The number of amides is 3. The summed E-state index contributed by atoms with van der Waals surface area (Å²) in [5.74, 6) is -1.50. The number of halogens is 4. The van der Waals surface area contributed by atoms with Crippen LogP contribution in [0, 0.1) is 11.7 Å². The number of urea groups is 1. The molecule has 0 aliphatic carbocycles. The van der Waals surface area contributed by atoms with Crippen LogP contribution >= 0.6 is 0 Å². The average molecular weight is 525 g/mol. The van der Waals surface area contributed by atoms with E-state index in [0.717, 1.165) is 11.0 Å². The normalized spacial score (nSPS) is 20.4. The molecule has 2 aliphatic heterocycles. The van der Waals surface area contributed by atoms with Crippen LogP contribution in [0.25, 0.3) is 0 Å². The molecule has 2 fully saturated rings. The van der Waals surface area contributed by atoms with Gasteiger partial charge in [-0.1, -0.05) is 18.2 Å². The largest absolute Gasteiger partial charge is 0.573 e. The summed E-state index contributed by atoms with van der Waals surface area (Å²) < 4.78 is 60.8. The molecule has 0 bridgehead atoms. The van der Waals surface area contributed by atoms with Crippen LogP contribution in [0.15, 0.2) is 48.5 Å². The van der Waals surface area contributed by atoms with E-state index < -0.39 is 18.3 Å². The quantitative estimate of drug-likeness (QED) is 0.569. The Hall–Kier alpha value is -3.54. The van der Waals surface area contributed by atoms with Crippen LogP contribution < -0.4 is 9.64 Å². The number of piperidine rings is 1. The maximum atomic E-state index is 13.8. The molecule has 4 rings (SSSR count). The van der Waals surface area contributed by atoms with E-state index in [1.165, 1.54) is 42.5 Å². The number of nitrogens with zero attached hydrogens (tertiary/aromatic N) is 3. The number of hydrogen-bond donors (Lipinski definition) is 1. The molecule has 2 saturated heterocycles. The SMILES string of the molecule is O=C(N1CCOCC1)N1CC(CN(C(=O)O)c2cccc(F)c2)CC(c2ccc(OC(F)(F)F)cc2)C1. The zero-order valence-corrected chi connectivity index (χ0v) is 19.9. The molecule has 2 heterocycles. The van der Waals surface area contributed by atoms with Crippen LogP contribution in [-0.2, 0) is 4.74 Å². The molecule has 0 spiro atoms. The van der Waals surface area contributed by atoms with Gasteiger partial charge in [0.25, 0.3) is 0 Å². The van der Waals surface area contributed by atoms with Crippen molar-refractivity contribution in [2.24, 2.45) is 5.92 Å². The van der Waals surface area contributed by atoms with Crippen molar-refractivity contribution in [3.63, 3.8) is 0 Å². The van der Waals surface area contributed by atoms with E-state index >= 15 is 0 Å². The minimum absolute atomic E-state index is 0.0114. The lowest BCUT2D eigenvalue weighted by molar-refractivity contribution is -0.274. The fourth-order valence-corrected chi connectivity index (χ4v) is 4.83. The van der Waals surface area contributed by atoms with Gasteiger partial charge in [0.05, 0.1) is 13.2 Å². The number of alkyl halides is 3. The van der Waals surface area contributed by atoms with E-state index in [1.54, 1.807) is 9.80 Å². The molecule has 2 aromatic rings. The number of anilines is 1. The Balaban J connectivity index is 1.56. The molecule has 200 valence electrons. The summed E-state index contributed by atoms with van der Waals surface area (Å²) in [5, 5.41) is 9.83. The third kappa shape index (κ3) is 7.03. The Kier molecular flexibility index (Phi) is 8.06. The maximum absolute atomic E-state index is 13.8. The molecule has 0 aromatic heterocycles. The first-order valence-corrected chi connectivity index (χ1v) is 11.8. The van der Waals surface area contributed by atoms with E-state index in [-0.39, 0.29) is 42.4 Å². The highest BCUT2D eigenvalue weighted by Crippen LogP contribution is 2.34. The summed E-state index contributed by atoms with van der Waals surface area (Å²) >= 11 is 0. The van der Waals surface area contributed by atoms with Gasteiger partial charge in [0.2, 0.25) is 0 Å². The van der Waals surface area contributed by atoms with Gasteiger partial charge in [0.1, 0.15) is 11.6 Å². The molecule has 0 radical (unpaired) electrons. The molecule has 2 unspecified atom stereocenters. The lowest BCUT2D eigenvalue weighted by atomic mass is 9.84. The Labute approximate surface area is 211 Å². The van der Waals surface area contributed by atoms with E-state index in [2.05, 4.69) is 4.74 Å². The Morgan fingerprint density at radius 1 is 1.05 bits per heavy atom. The summed E-state index contributed by atoms with van der Waals surface area (Å²) in [4.78, 5) is 29.7. The summed E-state index contributed by atoms with van der Waals surface area (Å²) in [6.07, 6.45) is -5.59. The van der Waals surface area contributed by atoms with E-state index in [0.29, 0.717) is 44.8 Å². The van der Waals surface area contributed by atoms with Gasteiger partial charge in [-0.15, -0.1) is 13.2 Å². The van der Waals surface area contributed by atoms with Crippen LogP contribution in [0.3, 0.4) is 0 Å². The molecular formula is C25H27F4N3O5. The fraction of sp³-hybridized carbons (Fsp3) is 0.440. The van der Waals surface area contributed by atoms with Gasteiger partial charge in [-0.2, -0.15) is 0 Å². The van der Waals surface area contributed by atoms with Gasteiger partial charge in [-0.3, -0.25) is 4.90 Å². The smallest absolute Gasteiger partial charge is 0.465 e. The van der Waals surface area contributed by atoms with Gasteiger partial charge in [-0.25, -0.2) is 14.0 Å². The van der Waals surface area contributed by atoms with Crippen molar-refractivity contribution < 1.29 is 41.7 Å². The fourth-order valence-electron chi connectivity index (χ4n) is 4.83. The molecule has 3 amide bonds. The van der Waals surface area contributed by atoms with Crippen LogP contribution in [0.1, 0.15) is 17.9 Å². The van der Waals surface area contributed by atoms with Crippen LogP contribution in [0.2, 0.25) is 0 Å². The highest BCUT2D eigenvalue weighted by atomic mass is 19.4. The van der Waals surface area contributed by atoms with Crippen molar-refractivity contribution >= 4 is 17.8 Å². The van der Waals surface area contributed by atoms with Crippen LogP contribution in [-0.4, -0.2) is 79.3 Å². The summed E-state index contributed by atoms with van der Waals surface area (Å²) in [6.45, 7) is 2.30. The van der Waals surface area contributed by atoms with Gasteiger partial charge in [-0.05, 0) is 48.2 Å². The Morgan fingerprint density at radius 2 is 1.76 bits per heavy atom. The number of rotatable bonds is 5. The Bertz CT molecular complexity index is 1090. The molecule has 0 saturated carbocycles. The predicted molar refractivity (Wildman–Crippen MR) is 125 cm³/mol. The zero-order chi connectivity index (χ0) is 26.6. The number of benzene rings is 2.